The van der Waals surface area contributed by atoms with Crippen molar-refractivity contribution >= 4 is 23.2 Å². The van der Waals surface area contributed by atoms with Gasteiger partial charge in [-0.1, -0.05) is 11.6 Å². The normalized spacial score (nSPS) is 12.9. The van der Waals surface area contributed by atoms with Crippen LogP contribution in [-0.4, -0.2) is 45.1 Å². The first-order chi connectivity index (χ1) is 14.1. The molecule has 0 aliphatic carbocycles. The van der Waals surface area contributed by atoms with E-state index in [0.29, 0.717) is 0 Å². The number of rotatable bonds is 7. The molecule has 1 N–H and O–H groups in total. The number of hydrogen-bond donors (Lipinski definition) is 1. The van der Waals surface area contributed by atoms with Crippen molar-refractivity contribution < 1.29 is 31.1 Å². The molecule has 1 atom stereocenters. The highest BCUT2D eigenvalue weighted by atomic mass is 35.5. The van der Waals surface area contributed by atoms with E-state index in [1.807, 2.05) is 0 Å². The highest BCUT2D eigenvalue weighted by Gasteiger charge is 2.37. The zero-order valence-electron chi connectivity index (χ0n) is 15.3. The van der Waals surface area contributed by atoms with Gasteiger partial charge in [0.2, 0.25) is 0 Å². The molecule has 0 spiro atoms. The molecule has 0 radical (unpaired) electrons. The highest BCUT2D eigenvalue weighted by Crippen LogP contribution is 2.39. The minimum absolute atomic E-state index is 0.0209. The lowest BCUT2D eigenvalue weighted by atomic mass is 10.1. The van der Waals surface area contributed by atoms with E-state index in [0.717, 1.165) is 29.9 Å². The summed E-state index contributed by atoms with van der Waals surface area (Å²) in [5.74, 6) is -3.18. The first-order valence-electron chi connectivity index (χ1n) is 8.54. The smallest absolute Gasteiger partial charge is 0.408 e. The highest BCUT2D eigenvalue weighted by molar-refractivity contribution is 6.33. The van der Waals surface area contributed by atoms with E-state index in [1.165, 1.54) is 0 Å². The van der Waals surface area contributed by atoms with Crippen LogP contribution < -0.4 is 10.1 Å². The number of fused-ring (bicyclic) bond motifs is 1. The quantitative estimate of drug-likeness (QED) is 0.315. The van der Waals surface area contributed by atoms with Gasteiger partial charge in [0.1, 0.15) is 40.7 Å². The van der Waals surface area contributed by atoms with Crippen molar-refractivity contribution in [2.45, 2.75) is 25.6 Å². The topological polar surface area (TPSA) is 64.3 Å². The van der Waals surface area contributed by atoms with Crippen molar-refractivity contribution in [2.24, 2.45) is 0 Å². The van der Waals surface area contributed by atoms with Gasteiger partial charge in [-0.05, 0) is 6.92 Å². The van der Waals surface area contributed by atoms with E-state index < -0.39 is 52.6 Å². The summed E-state index contributed by atoms with van der Waals surface area (Å²) in [5.41, 5.74) is -1.21. The number of halogens is 7. The van der Waals surface area contributed by atoms with E-state index in [2.05, 4.69) is 20.4 Å². The van der Waals surface area contributed by atoms with Crippen molar-refractivity contribution in [3.05, 3.63) is 35.2 Å². The van der Waals surface area contributed by atoms with Gasteiger partial charge in [-0.25, -0.2) is 8.78 Å². The van der Waals surface area contributed by atoms with Gasteiger partial charge in [0, 0.05) is 18.6 Å². The average Bonchev–Trinajstić information content (AvgIpc) is 3.10. The summed E-state index contributed by atoms with van der Waals surface area (Å²) in [6, 6.07) is -0.484. The fourth-order valence-electron chi connectivity index (χ4n) is 2.58. The lowest BCUT2D eigenvalue weighted by Crippen LogP contribution is -2.34. The lowest BCUT2D eigenvalue weighted by Gasteiger charge is -2.21. The second-order valence-corrected chi connectivity index (χ2v) is 6.52. The minimum Gasteiger partial charge on any atom is -0.493 e. The summed E-state index contributed by atoms with van der Waals surface area (Å²) < 4.78 is 87.0. The Morgan fingerprint density at radius 3 is 2.47 bits per heavy atom. The minimum atomic E-state index is -4.68. The van der Waals surface area contributed by atoms with Crippen LogP contribution in [0.15, 0.2) is 18.5 Å². The molecule has 0 fully saturated rings. The van der Waals surface area contributed by atoms with Gasteiger partial charge in [0.05, 0.1) is 24.4 Å². The number of hydrogen-bond acceptors (Lipinski definition) is 5. The molecule has 0 amide bonds. The van der Waals surface area contributed by atoms with Gasteiger partial charge in [-0.2, -0.15) is 32.8 Å². The van der Waals surface area contributed by atoms with Crippen molar-refractivity contribution in [2.75, 3.05) is 18.6 Å². The number of nitrogens with zero attached hydrogens (tertiary/aromatic N) is 4. The van der Waals surface area contributed by atoms with E-state index in [9.17, 15) is 26.3 Å². The average molecular weight is 454 g/mol. The summed E-state index contributed by atoms with van der Waals surface area (Å²) in [5, 5.41) is 5.40. The predicted octanol–water partition coefficient (Wildman–Crippen LogP) is 4.82. The number of ether oxygens (including phenoxy) is 1. The SMILES string of the molecule is C[C@H](Nc1c(-c2c(F)cc(OCCCF)cc2F)c(Cl)nc2ncnn12)C(F)(F)F. The molecule has 0 aliphatic rings. The second-order valence-electron chi connectivity index (χ2n) is 6.16. The fourth-order valence-corrected chi connectivity index (χ4v) is 2.83. The Hall–Kier alpha value is -2.76. The third kappa shape index (κ3) is 4.37. The maximum Gasteiger partial charge on any atom is 0.408 e. The van der Waals surface area contributed by atoms with Crippen LogP contribution in [0.4, 0.5) is 32.2 Å². The van der Waals surface area contributed by atoms with Crippen molar-refractivity contribution in [3.8, 4) is 16.9 Å². The van der Waals surface area contributed by atoms with E-state index >= 15 is 0 Å². The van der Waals surface area contributed by atoms with Crippen molar-refractivity contribution in [3.63, 3.8) is 0 Å². The lowest BCUT2D eigenvalue weighted by molar-refractivity contribution is -0.138. The van der Waals surface area contributed by atoms with Gasteiger partial charge in [0.25, 0.3) is 5.78 Å². The largest absolute Gasteiger partial charge is 0.493 e. The monoisotopic (exact) mass is 453 g/mol. The van der Waals surface area contributed by atoms with Gasteiger partial charge < -0.3 is 10.1 Å². The third-order valence-corrected chi connectivity index (χ3v) is 4.31. The Morgan fingerprint density at radius 2 is 1.87 bits per heavy atom. The Bertz CT molecular complexity index is 1030. The fraction of sp³-hybridized carbons (Fsp3) is 0.353. The van der Waals surface area contributed by atoms with Crippen LogP contribution in [0.25, 0.3) is 16.9 Å². The number of aromatic nitrogens is 4. The molecule has 6 nitrogen and oxygen atoms in total. The molecule has 0 saturated heterocycles. The summed E-state index contributed by atoms with van der Waals surface area (Å²) >= 11 is 6.06. The first kappa shape index (κ1) is 21.9. The zero-order chi connectivity index (χ0) is 22.1. The van der Waals surface area contributed by atoms with Crippen LogP contribution in [0.5, 0.6) is 5.75 Å². The summed E-state index contributed by atoms with van der Waals surface area (Å²) in [7, 11) is 0. The number of alkyl halides is 4. The summed E-state index contributed by atoms with van der Waals surface area (Å²) in [6.07, 6.45) is -3.65. The van der Waals surface area contributed by atoms with Crippen molar-refractivity contribution in [1.82, 2.24) is 19.6 Å². The first-order valence-corrected chi connectivity index (χ1v) is 8.92. The predicted molar refractivity (Wildman–Crippen MR) is 96.4 cm³/mol. The Labute approximate surface area is 170 Å². The molecule has 13 heteroatoms. The molecule has 0 bridgehead atoms. The molecule has 30 heavy (non-hydrogen) atoms. The van der Waals surface area contributed by atoms with E-state index in [4.69, 9.17) is 16.3 Å². The van der Waals surface area contributed by atoms with E-state index in [-0.39, 0.29) is 24.6 Å². The zero-order valence-corrected chi connectivity index (χ0v) is 16.0. The number of anilines is 1. The third-order valence-electron chi connectivity index (χ3n) is 4.04. The second kappa shape index (κ2) is 8.54. The molecule has 162 valence electrons. The van der Waals surface area contributed by atoms with Gasteiger partial charge in [-0.3, -0.25) is 4.39 Å². The van der Waals surface area contributed by atoms with Crippen LogP contribution in [0.1, 0.15) is 13.3 Å². The molecule has 0 saturated carbocycles. The van der Waals surface area contributed by atoms with Gasteiger partial charge in [-0.15, -0.1) is 0 Å². The van der Waals surface area contributed by atoms with Crippen LogP contribution >= 0.6 is 11.6 Å². The van der Waals surface area contributed by atoms with Gasteiger partial charge >= 0.3 is 6.18 Å². The standard InChI is InChI=1S/C17H14ClF6N5O/c1-8(17(22,23)24)27-15-13(14(18)28-16-25-7-26-29(15)16)12-10(20)5-9(6-11(12)21)30-4-2-3-19/h5-8,27H,2-4H2,1H3/t8-/m0/s1. The van der Waals surface area contributed by atoms with Gasteiger partial charge in [0.15, 0.2) is 0 Å². The molecule has 1 aromatic carbocycles. The molecular weight excluding hydrogens is 440 g/mol. The Kier molecular flexibility index (Phi) is 6.25. The molecule has 3 aromatic rings. The summed E-state index contributed by atoms with van der Waals surface area (Å²) in [4.78, 5) is 7.58. The van der Waals surface area contributed by atoms with Crippen LogP contribution in [0.2, 0.25) is 5.15 Å². The summed E-state index contributed by atoms with van der Waals surface area (Å²) in [6.45, 7) is 0.0297. The van der Waals surface area contributed by atoms with E-state index in [1.54, 1.807) is 0 Å². The molecule has 3 rings (SSSR count). The molecular formula is C17H14ClF6N5O. The number of benzene rings is 1. The maximum absolute atomic E-state index is 14.8. The van der Waals surface area contributed by atoms with Crippen LogP contribution in [0, 0.1) is 11.6 Å². The maximum atomic E-state index is 14.8. The molecule has 0 unspecified atom stereocenters. The Balaban J connectivity index is 2.16. The molecule has 0 aliphatic heterocycles. The van der Waals surface area contributed by atoms with Crippen molar-refractivity contribution in [1.29, 1.82) is 0 Å². The Morgan fingerprint density at radius 1 is 1.20 bits per heavy atom. The van der Waals surface area contributed by atoms with Crippen LogP contribution in [-0.2, 0) is 0 Å². The van der Waals surface area contributed by atoms with Crippen LogP contribution in [0.3, 0.4) is 0 Å². The molecule has 2 heterocycles. The molecule has 2 aromatic heterocycles. The number of nitrogens with one attached hydrogen (secondary N) is 1.